The number of rotatable bonds is 3. The average molecular weight is 288 g/mol. The van der Waals surface area contributed by atoms with Crippen LogP contribution in [0.25, 0.3) is 0 Å². The number of carboxylic acid groups (broad SMARTS) is 1. The fourth-order valence-corrected chi connectivity index (χ4v) is 6.14. The van der Waals surface area contributed by atoms with Crippen LogP contribution in [0.15, 0.2) is 29.2 Å². The molecule has 106 valence electrons. The summed E-state index contributed by atoms with van der Waals surface area (Å²) in [5, 5.41) is 9.89. The van der Waals surface area contributed by atoms with E-state index in [2.05, 4.69) is 24.3 Å². The van der Waals surface area contributed by atoms with Crippen LogP contribution in [0.3, 0.4) is 0 Å². The Morgan fingerprint density at radius 1 is 1.35 bits per heavy atom. The van der Waals surface area contributed by atoms with Gasteiger partial charge in [-0.2, -0.15) is 0 Å². The Morgan fingerprint density at radius 2 is 2.20 bits per heavy atom. The van der Waals surface area contributed by atoms with Crippen LogP contribution in [-0.4, -0.2) is 16.8 Å². The summed E-state index contributed by atoms with van der Waals surface area (Å²) in [6, 6.07) is 8.54. The van der Waals surface area contributed by atoms with Gasteiger partial charge in [0.2, 0.25) is 0 Å². The van der Waals surface area contributed by atoms with Gasteiger partial charge in [-0.05, 0) is 55.1 Å². The topological polar surface area (TPSA) is 37.3 Å². The van der Waals surface area contributed by atoms with Crippen molar-refractivity contribution in [1.82, 2.24) is 0 Å². The van der Waals surface area contributed by atoms with Crippen molar-refractivity contribution < 1.29 is 9.90 Å². The van der Waals surface area contributed by atoms with E-state index in [9.17, 15) is 9.90 Å². The van der Waals surface area contributed by atoms with Crippen molar-refractivity contribution in [2.75, 3.05) is 5.75 Å². The molecule has 4 unspecified atom stereocenters. The van der Waals surface area contributed by atoms with E-state index in [1.807, 2.05) is 11.8 Å². The monoisotopic (exact) mass is 288 g/mol. The molecule has 0 radical (unpaired) electrons. The van der Waals surface area contributed by atoms with E-state index < -0.39 is 11.4 Å². The lowest BCUT2D eigenvalue weighted by Gasteiger charge is -2.35. The van der Waals surface area contributed by atoms with Gasteiger partial charge in [0.05, 0.1) is 5.41 Å². The highest BCUT2D eigenvalue weighted by Crippen LogP contribution is 2.60. The first kappa shape index (κ1) is 12.8. The minimum atomic E-state index is -0.529. The number of hydrogen-bond acceptors (Lipinski definition) is 2. The maximum atomic E-state index is 12.0. The van der Waals surface area contributed by atoms with Gasteiger partial charge in [-0.25, -0.2) is 0 Å². The summed E-state index contributed by atoms with van der Waals surface area (Å²) in [5.41, 5.74) is 0.965. The van der Waals surface area contributed by atoms with Crippen LogP contribution in [-0.2, 0) is 4.79 Å². The second-order valence-corrected chi connectivity index (χ2v) is 7.85. The van der Waals surface area contributed by atoms with Crippen LogP contribution < -0.4 is 0 Å². The smallest absolute Gasteiger partial charge is 0.309 e. The Bertz CT molecular complexity index is 556. The zero-order chi connectivity index (χ0) is 13.7. The van der Waals surface area contributed by atoms with Gasteiger partial charge >= 0.3 is 5.97 Å². The van der Waals surface area contributed by atoms with Gasteiger partial charge < -0.3 is 5.11 Å². The van der Waals surface area contributed by atoms with E-state index in [1.165, 1.54) is 16.9 Å². The lowest BCUT2D eigenvalue weighted by Crippen LogP contribution is -2.38. The Labute approximate surface area is 124 Å². The fraction of sp³-hybridized carbons (Fsp3) is 0.588. The fourth-order valence-electron chi connectivity index (χ4n) is 4.88. The lowest BCUT2D eigenvalue weighted by atomic mass is 9.67. The number of aliphatic carboxylic acids is 1. The third-order valence-corrected chi connectivity index (χ3v) is 7.06. The molecule has 1 heterocycles. The third kappa shape index (κ3) is 1.75. The number of carbonyl (C=O) groups is 1. The average Bonchev–Trinajstić information content (AvgIpc) is 3.14. The highest BCUT2D eigenvalue weighted by molar-refractivity contribution is 7.99. The molecule has 1 aromatic rings. The highest BCUT2D eigenvalue weighted by Gasteiger charge is 2.56. The Kier molecular flexibility index (Phi) is 2.88. The van der Waals surface area contributed by atoms with Crippen LogP contribution in [0.4, 0.5) is 0 Å². The molecule has 1 aliphatic heterocycles. The first-order valence-electron chi connectivity index (χ1n) is 7.64. The Hall–Kier alpha value is -0.960. The summed E-state index contributed by atoms with van der Waals surface area (Å²) in [7, 11) is 0. The minimum Gasteiger partial charge on any atom is -0.481 e. The van der Waals surface area contributed by atoms with E-state index in [0.717, 1.165) is 31.4 Å². The first-order valence-corrected chi connectivity index (χ1v) is 8.63. The molecule has 1 aromatic carbocycles. The quantitative estimate of drug-likeness (QED) is 0.907. The van der Waals surface area contributed by atoms with Crippen molar-refractivity contribution in [1.29, 1.82) is 0 Å². The Balaban J connectivity index is 1.63. The second kappa shape index (κ2) is 4.52. The van der Waals surface area contributed by atoms with Crippen molar-refractivity contribution in [3.8, 4) is 0 Å². The number of thioether (sulfide) groups is 1. The predicted octanol–water partition coefficient (Wildman–Crippen LogP) is 4.16. The number of benzene rings is 1. The molecule has 20 heavy (non-hydrogen) atoms. The largest absolute Gasteiger partial charge is 0.481 e. The SMILES string of the molecule is O=C(O)C1(CC2CSc3ccccc32)CC2CCC1C2. The van der Waals surface area contributed by atoms with Gasteiger partial charge in [-0.1, -0.05) is 24.6 Å². The number of carboxylic acids is 1. The van der Waals surface area contributed by atoms with Crippen LogP contribution in [0.2, 0.25) is 0 Å². The normalized spacial score (nSPS) is 38.1. The predicted molar refractivity (Wildman–Crippen MR) is 80.0 cm³/mol. The maximum Gasteiger partial charge on any atom is 0.309 e. The summed E-state index contributed by atoms with van der Waals surface area (Å²) in [6.45, 7) is 0. The standard InChI is InChI=1S/C17H20O2S/c18-16(19)17(8-11-5-6-13(17)7-11)9-12-10-20-15-4-2-1-3-14(12)15/h1-4,11-13H,5-10H2,(H,18,19). The molecule has 2 fully saturated rings. The molecule has 0 aromatic heterocycles. The summed E-state index contributed by atoms with van der Waals surface area (Å²) in [5.74, 6) is 2.08. The van der Waals surface area contributed by atoms with Crippen molar-refractivity contribution in [3.05, 3.63) is 29.8 Å². The molecule has 3 heteroatoms. The van der Waals surface area contributed by atoms with E-state index in [1.54, 1.807) is 0 Å². The van der Waals surface area contributed by atoms with E-state index in [0.29, 0.717) is 17.8 Å². The molecular weight excluding hydrogens is 268 g/mol. The van der Waals surface area contributed by atoms with Gasteiger partial charge in [0.25, 0.3) is 0 Å². The number of fused-ring (bicyclic) bond motifs is 3. The molecule has 0 saturated heterocycles. The molecule has 2 aliphatic carbocycles. The van der Waals surface area contributed by atoms with Gasteiger partial charge in [-0.15, -0.1) is 11.8 Å². The van der Waals surface area contributed by atoms with Crippen LogP contribution in [0.1, 0.15) is 43.6 Å². The Morgan fingerprint density at radius 3 is 2.90 bits per heavy atom. The van der Waals surface area contributed by atoms with E-state index >= 15 is 0 Å². The molecule has 2 nitrogen and oxygen atoms in total. The molecule has 4 atom stereocenters. The van der Waals surface area contributed by atoms with Crippen LogP contribution >= 0.6 is 11.8 Å². The molecule has 0 spiro atoms. The van der Waals surface area contributed by atoms with Gasteiger partial charge in [-0.3, -0.25) is 4.79 Å². The van der Waals surface area contributed by atoms with Crippen molar-refractivity contribution >= 4 is 17.7 Å². The van der Waals surface area contributed by atoms with Crippen molar-refractivity contribution in [2.24, 2.45) is 17.3 Å². The van der Waals surface area contributed by atoms with Crippen molar-refractivity contribution in [3.63, 3.8) is 0 Å². The van der Waals surface area contributed by atoms with E-state index in [-0.39, 0.29) is 0 Å². The summed E-state index contributed by atoms with van der Waals surface area (Å²) in [4.78, 5) is 13.4. The maximum absolute atomic E-state index is 12.0. The first-order chi connectivity index (χ1) is 9.69. The number of hydrogen-bond donors (Lipinski definition) is 1. The molecule has 2 bridgehead atoms. The molecular formula is C17H20O2S. The van der Waals surface area contributed by atoms with Crippen molar-refractivity contribution in [2.45, 2.75) is 42.9 Å². The van der Waals surface area contributed by atoms with Gasteiger partial charge in [0, 0.05) is 10.6 Å². The van der Waals surface area contributed by atoms with Crippen LogP contribution in [0.5, 0.6) is 0 Å². The molecule has 4 rings (SSSR count). The summed E-state index contributed by atoms with van der Waals surface area (Å²) >= 11 is 1.90. The highest BCUT2D eigenvalue weighted by atomic mass is 32.2. The minimum absolute atomic E-state index is 0.425. The molecule has 3 aliphatic rings. The lowest BCUT2D eigenvalue weighted by molar-refractivity contribution is -0.153. The van der Waals surface area contributed by atoms with Gasteiger partial charge in [0.1, 0.15) is 0 Å². The zero-order valence-corrected chi connectivity index (χ0v) is 12.4. The third-order valence-electron chi connectivity index (χ3n) is 5.81. The van der Waals surface area contributed by atoms with E-state index in [4.69, 9.17) is 0 Å². The molecule has 1 N–H and O–H groups in total. The van der Waals surface area contributed by atoms with Gasteiger partial charge in [0.15, 0.2) is 0 Å². The summed E-state index contributed by atoms with van der Waals surface area (Å²) < 4.78 is 0. The molecule has 0 amide bonds. The molecule has 2 saturated carbocycles. The van der Waals surface area contributed by atoms with Crippen LogP contribution in [0, 0.1) is 17.3 Å². The second-order valence-electron chi connectivity index (χ2n) is 6.79. The zero-order valence-electron chi connectivity index (χ0n) is 11.5. The summed E-state index contributed by atoms with van der Waals surface area (Å²) in [6.07, 6.45) is 5.34.